The number of unbranched alkanes of at least 4 members (excludes halogenated alkanes) is 8. The molecule has 0 saturated carbocycles. The van der Waals surface area contributed by atoms with Crippen molar-refractivity contribution in [3.63, 3.8) is 0 Å². The van der Waals surface area contributed by atoms with Gasteiger partial charge in [-0.25, -0.2) is 0 Å². The van der Waals surface area contributed by atoms with Crippen LogP contribution in [0.3, 0.4) is 0 Å². The predicted molar refractivity (Wildman–Crippen MR) is 87.4 cm³/mol. The van der Waals surface area contributed by atoms with Gasteiger partial charge in [0, 0.05) is 12.8 Å². The van der Waals surface area contributed by atoms with Crippen LogP contribution in [0.25, 0.3) is 0 Å². The summed E-state index contributed by atoms with van der Waals surface area (Å²) in [4.78, 5) is 20.4. The predicted octanol–water partition coefficient (Wildman–Crippen LogP) is 5.06. The first-order valence-corrected chi connectivity index (χ1v) is 8.22. The fourth-order valence-corrected chi connectivity index (χ4v) is 2.07. The van der Waals surface area contributed by atoms with Crippen LogP contribution >= 0.6 is 0 Å². The van der Waals surface area contributed by atoms with Gasteiger partial charge in [-0.05, 0) is 44.9 Å². The molecule has 0 rings (SSSR count). The Morgan fingerprint density at radius 1 is 0.714 bits per heavy atom. The minimum Gasteiger partial charge on any atom is -0.481 e. The van der Waals surface area contributed by atoms with E-state index in [1.54, 1.807) is 0 Å². The number of allylic oxidation sites excluding steroid dienone is 4. The van der Waals surface area contributed by atoms with Crippen molar-refractivity contribution in [3.05, 3.63) is 24.3 Å². The van der Waals surface area contributed by atoms with Gasteiger partial charge in [0.2, 0.25) is 0 Å². The van der Waals surface area contributed by atoms with Crippen LogP contribution in [0.2, 0.25) is 0 Å². The standard InChI is InChI=1S/C18H30O3/c19-17-15-13-11-9-7-5-3-1-2-4-6-8-10-12-14-16-18(20)21/h1-2,5,7,17H,3-4,6,8-16H2,(H,20,21)/b2-1+,7-5-. The summed E-state index contributed by atoms with van der Waals surface area (Å²) in [6, 6.07) is 0. The van der Waals surface area contributed by atoms with Crippen LogP contribution in [0, 0.1) is 0 Å². The van der Waals surface area contributed by atoms with E-state index < -0.39 is 5.97 Å². The van der Waals surface area contributed by atoms with Crippen LogP contribution in [0.4, 0.5) is 0 Å². The lowest BCUT2D eigenvalue weighted by atomic mass is 10.1. The Bertz CT molecular complexity index is 306. The molecular formula is C18H30O3. The van der Waals surface area contributed by atoms with Gasteiger partial charge in [0.15, 0.2) is 0 Å². The van der Waals surface area contributed by atoms with Crippen molar-refractivity contribution < 1.29 is 14.7 Å². The molecule has 0 unspecified atom stereocenters. The lowest BCUT2D eigenvalue weighted by molar-refractivity contribution is -0.137. The smallest absolute Gasteiger partial charge is 0.303 e. The molecule has 0 aliphatic rings. The lowest BCUT2D eigenvalue weighted by Gasteiger charge is -1.98. The average Bonchev–Trinajstić information content (AvgIpc) is 2.46. The molecule has 3 heteroatoms. The zero-order chi connectivity index (χ0) is 15.6. The molecule has 0 spiro atoms. The zero-order valence-corrected chi connectivity index (χ0v) is 13.1. The average molecular weight is 294 g/mol. The van der Waals surface area contributed by atoms with Crippen LogP contribution in [-0.4, -0.2) is 17.4 Å². The Labute approximate surface area is 129 Å². The number of rotatable bonds is 15. The minimum absolute atomic E-state index is 0.307. The topological polar surface area (TPSA) is 54.4 Å². The van der Waals surface area contributed by atoms with E-state index in [4.69, 9.17) is 5.11 Å². The van der Waals surface area contributed by atoms with Gasteiger partial charge in [0.25, 0.3) is 0 Å². The summed E-state index contributed by atoms with van der Waals surface area (Å²) in [5.41, 5.74) is 0. The van der Waals surface area contributed by atoms with E-state index in [-0.39, 0.29) is 0 Å². The maximum Gasteiger partial charge on any atom is 0.303 e. The molecule has 120 valence electrons. The van der Waals surface area contributed by atoms with Gasteiger partial charge in [0.05, 0.1) is 0 Å². The third-order valence-electron chi connectivity index (χ3n) is 3.31. The third-order valence-corrected chi connectivity index (χ3v) is 3.31. The molecule has 1 N–H and O–H groups in total. The van der Waals surface area contributed by atoms with Gasteiger partial charge < -0.3 is 9.90 Å². The van der Waals surface area contributed by atoms with Gasteiger partial charge in [0.1, 0.15) is 6.29 Å². The van der Waals surface area contributed by atoms with E-state index in [9.17, 15) is 9.59 Å². The maximum atomic E-state index is 10.3. The number of hydrogen-bond acceptors (Lipinski definition) is 2. The van der Waals surface area contributed by atoms with Crippen molar-refractivity contribution in [1.29, 1.82) is 0 Å². The molecule has 0 aromatic rings. The number of aldehydes is 1. The number of carboxylic acids is 1. The monoisotopic (exact) mass is 294 g/mol. The van der Waals surface area contributed by atoms with Crippen molar-refractivity contribution in [3.8, 4) is 0 Å². The van der Waals surface area contributed by atoms with Crippen LogP contribution in [0.5, 0.6) is 0 Å². The van der Waals surface area contributed by atoms with Gasteiger partial charge in [-0.3, -0.25) is 4.79 Å². The highest BCUT2D eigenvalue weighted by atomic mass is 16.4. The summed E-state index contributed by atoms with van der Waals surface area (Å²) < 4.78 is 0. The molecular weight excluding hydrogens is 264 g/mol. The molecule has 0 heterocycles. The van der Waals surface area contributed by atoms with Gasteiger partial charge in [-0.1, -0.05) is 43.6 Å². The molecule has 0 aliphatic carbocycles. The third kappa shape index (κ3) is 18.6. The Balaban J connectivity index is 3.20. The molecule has 0 amide bonds. The number of hydrogen-bond donors (Lipinski definition) is 1. The van der Waals surface area contributed by atoms with Crippen molar-refractivity contribution in [2.24, 2.45) is 0 Å². The lowest BCUT2D eigenvalue weighted by Crippen LogP contribution is -1.93. The number of carboxylic acid groups (broad SMARTS) is 1. The van der Waals surface area contributed by atoms with Crippen molar-refractivity contribution in [1.82, 2.24) is 0 Å². The van der Waals surface area contributed by atoms with E-state index in [0.717, 1.165) is 57.7 Å². The molecule has 0 aromatic carbocycles. The highest BCUT2D eigenvalue weighted by Crippen LogP contribution is 2.08. The summed E-state index contributed by atoms with van der Waals surface area (Å²) in [5.74, 6) is -0.685. The first-order valence-electron chi connectivity index (χ1n) is 8.22. The molecule has 0 atom stereocenters. The molecule has 0 radical (unpaired) electrons. The van der Waals surface area contributed by atoms with Gasteiger partial charge in [-0.15, -0.1) is 0 Å². The number of aliphatic carboxylic acids is 1. The highest BCUT2D eigenvalue weighted by Gasteiger charge is 1.95. The van der Waals surface area contributed by atoms with E-state index in [2.05, 4.69) is 24.3 Å². The van der Waals surface area contributed by atoms with Crippen molar-refractivity contribution in [2.45, 2.75) is 77.0 Å². The Morgan fingerprint density at radius 3 is 1.86 bits per heavy atom. The summed E-state index contributed by atoms with van der Waals surface area (Å²) in [5, 5.41) is 8.50. The van der Waals surface area contributed by atoms with Crippen LogP contribution in [0.1, 0.15) is 77.0 Å². The maximum absolute atomic E-state index is 10.3. The molecule has 0 fully saturated rings. The molecule has 3 nitrogen and oxygen atoms in total. The van der Waals surface area contributed by atoms with Crippen LogP contribution in [0.15, 0.2) is 24.3 Å². The summed E-state index contributed by atoms with van der Waals surface area (Å²) in [6.45, 7) is 0. The Kier molecular flexibility index (Phi) is 15.6. The molecule has 21 heavy (non-hydrogen) atoms. The largest absolute Gasteiger partial charge is 0.481 e. The molecule has 0 bridgehead atoms. The first kappa shape index (κ1) is 19.6. The van der Waals surface area contributed by atoms with Gasteiger partial charge in [-0.2, -0.15) is 0 Å². The second-order valence-electron chi connectivity index (χ2n) is 5.33. The quantitative estimate of drug-likeness (QED) is 0.261. The van der Waals surface area contributed by atoms with E-state index >= 15 is 0 Å². The van der Waals surface area contributed by atoms with E-state index in [1.807, 2.05) is 0 Å². The van der Waals surface area contributed by atoms with Crippen molar-refractivity contribution in [2.75, 3.05) is 0 Å². The summed E-state index contributed by atoms with van der Waals surface area (Å²) in [6.07, 6.45) is 21.4. The fraction of sp³-hybridized carbons (Fsp3) is 0.667. The van der Waals surface area contributed by atoms with Crippen LogP contribution in [-0.2, 0) is 9.59 Å². The minimum atomic E-state index is -0.685. The zero-order valence-electron chi connectivity index (χ0n) is 13.1. The number of carbonyl (C=O) groups is 2. The normalized spacial score (nSPS) is 11.4. The first-order chi connectivity index (χ1) is 10.3. The van der Waals surface area contributed by atoms with Crippen LogP contribution < -0.4 is 0 Å². The Morgan fingerprint density at radius 2 is 1.24 bits per heavy atom. The SMILES string of the molecule is O=CCCCC/C=C\C/C=C/CCCCCCCC(=O)O. The Hall–Kier alpha value is -1.38. The molecule has 0 saturated heterocycles. The highest BCUT2D eigenvalue weighted by molar-refractivity contribution is 5.66. The molecule has 0 aliphatic heterocycles. The second-order valence-corrected chi connectivity index (χ2v) is 5.33. The van der Waals surface area contributed by atoms with E-state index in [1.165, 1.54) is 12.8 Å². The van der Waals surface area contributed by atoms with Crippen molar-refractivity contribution >= 4 is 12.3 Å². The summed E-state index contributed by atoms with van der Waals surface area (Å²) >= 11 is 0. The number of carbonyl (C=O) groups excluding carboxylic acids is 1. The van der Waals surface area contributed by atoms with Gasteiger partial charge >= 0.3 is 5.97 Å². The summed E-state index contributed by atoms with van der Waals surface area (Å²) in [7, 11) is 0. The molecule has 0 aromatic heterocycles. The fourth-order valence-electron chi connectivity index (χ4n) is 2.07. The second kappa shape index (κ2) is 16.7. The van der Waals surface area contributed by atoms with E-state index in [0.29, 0.717) is 12.8 Å².